The molecule has 0 fully saturated rings. The van der Waals surface area contributed by atoms with Crippen LogP contribution in [0.4, 0.5) is 4.79 Å². The quantitative estimate of drug-likeness (QED) is 0.371. The highest BCUT2D eigenvalue weighted by Gasteiger charge is 2.18. The summed E-state index contributed by atoms with van der Waals surface area (Å²) >= 11 is 2.74. The molecule has 0 saturated heterocycles. The number of aryl methyl sites for hydroxylation is 1. The highest BCUT2D eigenvalue weighted by atomic mass is 32.2. The van der Waals surface area contributed by atoms with Crippen LogP contribution in [0.1, 0.15) is 23.9 Å². The number of hydrogen-bond donors (Lipinski definition) is 0. The molecule has 0 spiro atoms. The summed E-state index contributed by atoms with van der Waals surface area (Å²) in [5.74, 6) is 0.807. The number of ether oxygens (including phenoxy) is 1. The van der Waals surface area contributed by atoms with Crippen molar-refractivity contribution in [3.63, 3.8) is 0 Å². The maximum Gasteiger partial charge on any atom is 0.455 e. The topological polar surface area (TPSA) is 116 Å². The number of amides is 1. The molecule has 3 aromatic heterocycles. The number of carbonyl (C=O) groups excluding carboxylic acids is 1. The Morgan fingerprint density at radius 1 is 1.19 bits per heavy atom. The van der Waals surface area contributed by atoms with Crippen LogP contribution >= 0.6 is 22.7 Å². The Balaban J connectivity index is 1.58. The van der Waals surface area contributed by atoms with Crippen molar-refractivity contribution in [2.75, 3.05) is 0 Å². The number of thiazole rings is 2. The highest BCUT2D eigenvalue weighted by Crippen LogP contribution is 2.36. The number of aromatic nitrogens is 4. The predicted molar refractivity (Wildman–Crippen MR) is 121 cm³/mol. The molecule has 0 N–H and O–H groups in total. The first-order valence-electron chi connectivity index (χ1n) is 9.56. The number of imidazole rings is 1. The minimum atomic E-state index is -2.88. The lowest BCUT2D eigenvalue weighted by molar-refractivity contribution is 0.213. The van der Waals surface area contributed by atoms with Crippen LogP contribution in [0.15, 0.2) is 52.6 Å². The standard InChI is InChI=1S/C20H17N5O4S3/c1-2-3-15-23-16(19(31-15)29-20(26)24-32(27)28)14-6-4-13(5-7-14)12-25-10-8-21-17(25)18-22-9-11-30-18/h4-11H,2-3,12H2,1H3. The van der Waals surface area contributed by atoms with E-state index < -0.39 is 16.6 Å². The predicted octanol–water partition coefficient (Wildman–Crippen LogP) is 4.69. The Morgan fingerprint density at radius 3 is 2.69 bits per heavy atom. The number of hydrogen-bond acceptors (Lipinski definition) is 9. The molecule has 0 saturated carbocycles. The number of carbonyl (C=O) groups is 1. The summed E-state index contributed by atoms with van der Waals surface area (Å²) in [6, 6.07) is 7.70. The third-order valence-corrected chi connectivity index (χ3v) is 6.41. The number of rotatable bonds is 7. The van der Waals surface area contributed by atoms with E-state index in [0.717, 1.165) is 39.8 Å². The lowest BCUT2D eigenvalue weighted by Crippen LogP contribution is -2.02. The van der Waals surface area contributed by atoms with E-state index in [4.69, 9.17) is 4.74 Å². The average Bonchev–Trinajstić information content (AvgIpc) is 3.49. The van der Waals surface area contributed by atoms with Crippen molar-refractivity contribution in [3.8, 4) is 27.2 Å². The molecular formula is C20H17N5O4S3. The molecule has 0 aliphatic rings. The molecule has 0 aliphatic carbocycles. The molecule has 3 heterocycles. The van der Waals surface area contributed by atoms with Gasteiger partial charge in [-0.25, -0.2) is 19.7 Å². The summed E-state index contributed by atoms with van der Waals surface area (Å²) in [5, 5.41) is 3.79. The van der Waals surface area contributed by atoms with Gasteiger partial charge in [-0.05, 0) is 18.4 Å². The summed E-state index contributed by atoms with van der Waals surface area (Å²) in [6.07, 6.45) is 5.80. The molecular weight excluding hydrogens is 470 g/mol. The molecule has 4 aromatic rings. The van der Waals surface area contributed by atoms with Crippen LogP contribution in [-0.2, 0) is 23.5 Å². The summed E-state index contributed by atoms with van der Waals surface area (Å²) in [6.45, 7) is 2.64. The summed E-state index contributed by atoms with van der Waals surface area (Å²) < 4.78 is 31.3. The van der Waals surface area contributed by atoms with E-state index in [-0.39, 0.29) is 5.06 Å². The van der Waals surface area contributed by atoms with E-state index in [1.807, 2.05) is 47.3 Å². The largest absolute Gasteiger partial charge is 0.455 e. The Hall–Kier alpha value is -3.22. The third kappa shape index (κ3) is 5.15. The zero-order chi connectivity index (χ0) is 22.5. The molecule has 0 atom stereocenters. The minimum absolute atomic E-state index is 0.223. The molecule has 0 bridgehead atoms. The molecule has 1 aromatic carbocycles. The first-order chi connectivity index (χ1) is 15.5. The fourth-order valence-electron chi connectivity index (χ4n) is 3.01. The van der Waals surface area contributed by atoms with Crippen molar-refractivity contribution < 1.29 is 17.9 Å². The molecule has 164 valence electrons. The SMILES string of the molecule is CCCc1nc(-c2ccc(Cn3ccnc3-c3nccs3)cc2)c(OC(=O)N=S(=O)=O)s1. The fraction of sp³-hybridized carbons (Fsp3) is 0.200. The molecule has 9 nitrogen and oxygen atoms in total. The van der Waals surface area contributed by atoms with Crippen LogP contribution in [0, 0.1) is 0 Å². The van der Waals surface area contributed by atoms with Gasteiger partial charge in [-0.15, -0.1) is 11.3 Å². The Morgan fingerprint density at radius 2 is 2.00 bits per heavy atom. The van der Waals surface area contributed by atoms with Crippen molar-refractivity contribution in [3.05, 3.63) is 58.8 Å². The van der Waals surface area contributed by atoms with Gasteiger partial charge in [-0.2, -0.15) is 8.42 Å². The van der Waals surface area contributed by atoms with E-state index in [9.17, 15) is 13.2 Å². The molecule has 0 unspecified atom stereocenters. The van der Waals surface area contributed by atoms with Gasteiger partial charge in [0.15, 0.2) is 10.8 Å². The van der Waals surface area contributed by atoms with E-state index in [1.54, 1.807) is 12.4 Å². The Kier molecular flexibility index (Phi) is 6.83. The monoisotopic (exact) mass is 487 g/mol. The second kappa shape index (κ2) is 9.94. The Bertz CT molecular complexity index is 1350. The van der Waals surface area contributed by atoms with Crippen LogP contribution < -0.4 is 4.74 Å². The van der Waals surface area contributed by atoms with Crippen molar-refractivity contribution >= 4 is 39.3 Å². The second-order valence-electron chi connectivity index (χ2n) is 6.58. The first kappa shape index (κ1) is 22.0. The van der Waals surface area contributed by atoms with Crippen molar-refractivity contribution in [1.82, 2.24) is 19.5 Å². The normalized spacial score (nSPS) is 10.8. The molecule has 4 rings (SSSR count). The number of nitrogens with zero attached hydrogens (tertiary/aromatic N) is 5. The molecule has 0 radical (unpaired) electrons. The van der Waals surface area contributed by atoms with Crippen LogP contribution in [0.2, 0.25) is 0 Å². The van der Waals surface area contributed by atoms with Gasteiger partial charge in [0.1, 0.15) is 5.69 Å². The van der Waals surface area contributed by atoms with Gasteiger partial charge in [0.2, 0.25) is 5.06 Å². The van der Waals surface area contributed by atoms with Gasteiger partial charge < -0.3 is 9.30 Å². The summed E-state index contributed by atoms with van der Waals surface area (Å²) in [7, 11) is -2.88. The van der Waals surface area contributed by atoms with Crippen LogP contribution in [-0.4, -0.2) is 34.0 Å². The second-order valence-corrected chi connectivity index (χ2v) is 9.14. The van der Waals surface area contributed by atoms with Crippen LogP contribution in [0.25, 0.3) is 22.1 Å². The highest BCUT2D eigenvalue weighted by molar-refractivity contribution is 7.62. The van der Waals surface area contributed by atoms with Gasteiger partial charge in [0.05, 0.1) is 5.01 Å². The van der Waals surface area contributed by atoms with Gasteiger partial charge in [0, 0.05) is 36.1 Å². The summed E-state index contributed by atoms with van der Waals surface area (Å²) in [5.41, 5.74) is 2.28. The maximum absolute atomic E-state index is 11.7. The Labute approximate surface area is 193 Å². The molecule has 32 heavy (non-hydrogen) atoms. The molecule has 1 amide bonds. The van der Waals surface area contributed by atoms with Gasteiger partial charge in [-0.1, -0.05) is 46.9 Å². The first-order valence-corrected chi connectivity index (χ1v) is 12.3. The molecule has 12 heteroatoms. The maximum atomic E-state index is 11.7. The lowest BCUT2D eigenvalue weighted by atomic mass is 10.1. The minimum Gasteiger partial charge on any atom is -0.394 e. The smallest absolute Gasteiger partial charge is 0.394 e. The third-order valence-electron chi connectivity index (χ3n) is 4.35. The fourth-order valence-corrected chi connectivity index (χ4v) is 4.85. The van der Waals surface area contributed by atoms with E-state index in [2.05, 4.69) is 19.3 Å². The zero-order valence-electron chi connectivity index (χ0n) is 16.8. The summed E-state index contributed by atoms with van der Waals surface area (Å²) in [4.78, 5) is 25.0. The molecule has 0 aliphatic heterocycles. The van der Waals surface area contributed by atoms with Crippen LogP contribution in [0.3, 0.4) is 0 Å². The van der Waals surface area contributed by atoms with Gasteiger partial charge in [0.25, 0.3) is 0 Å². The van der Waals surface area contributed by atoms with E-state index >= 15 is 0 Å². The van der Waals surface area contributed by atoms with E-state index in [1.165, 1.54) is 22.7 Å². The van der Waals surface area contributed by atoms with E-state index in [0.29, 0.717) is 12.2 Å². The number of benzene rings is 1. The van der Waals surface area contributed by atoms with Crippen molar-refractivity contribution in [2.45, 2.75) is 26.3 Å². The lowest BCUT2D eigenvalue weighted by Gasteiger charge is -2.07. The zero-order valence-corrected chi connectivity index (χ0v) is 19.3. The van der Waals surface area contributed by atoms with Crippen molar-refractivity contribution in [1.29, 1.82) is 0 Å². The van der Waals surface area contributed by atoms with Gasteiger partial charge in [-0.3, -0.25) is 0 Å². The van der Waals surface area contributed by atoms with Crippen molar-refractivity contribution in [2.24, 2.45) is 4.36 Å². The average molecular weight is 488 g/mol. The van der Waals surface area contributed by atoms with Gasteiger partial charge >= 0.3 is 16.6 Å². The van der Waals surface area contributed by atoms with Crippen LogP contribution in [0.5, 0.6) is 5.06 Å².